The number of rotatable bonds is 6. The van der Waals surface area contributed by atoms with Crippen LogP contribution < -0.4 is 11.1 Å². The van der Waals surface area contributed by atoms with Gasteiger partial charge in [-0.1, -0.05) is 29.8 Å². The summed E-state index contributed by atoms with van der Waals surface area (Å²) in [5.74, 6) is -0.110. The fourth-order valence-electron chi connectivity index (χ4n) is 2.14. The van der Waals surface area contributed by atoms with Crippen LogP contribution in [0.4, 0.5) is 5.69 Å². The SMILES string of the molecule is Cc1cc(Br)ccc1NC(=O)CN(C)C(=O)[C@@H](N)CC(C)C.Cl. The minimum absolute atomic E-state index is 0. The molecule has 2 amide bonds. The number of carbonyl (C=O) groups excluding carboxylic acids is 2. The van der Waals surface area contributed by atoms with Crippen LogP contribution in [-0.4, -0.2) is 36.3 Å². The van der Waals surface area contributed by atoms with Gasteiger partial charge in [0.1, 0.15) is 0 Å². The van der Waals surface area contributed by atoms with E-state index in [0.29, 0.717) is 12.3 Å². The fourth-order valence-corrected chi connectivity index (χ4v) is 2.62. The summed E-state index contributed by atoms with van der Waals surface area (Å²) >= 11 is 3.38. The van der Waals surface area contributed by atoms with Crippen molar-refractivity contribution < 1.29 is 9.59 Å². The highest BCUT2D eigenvalue weighted by molar-refractivity contribution is 9.10. The highest BCUT2D eigenvalue weighted by Crippen LogP contribution is 2.19. The zero-order valence-electron chi connectivity index (χ0n) is 13.9. The van der Waals surface area contributed by atoms with E-state index in [2.05, 4.69) is 21.2 Å². The second-order valence-corrected chi connectivity index (χ2v) is 6.85. The van der Waals surface area contributed by atoms with Gasteiger partial charge in [-0.2, -0.15) is 0 Å². The zero-order valence-corrected chi connectivity index (χ0v) is 16.3. The molecule has 1 rings (SSSR count). The van der Waals surface area contributed by atoms with Crippen molar-refractivity contribution in [2.24, 2.45) is 11.7 Å². The lowest BCUT2D eigenvalue weighted by atomic mass is 10.0. The molecule has 1 aromatic rings. The maximum absolute atomic E-state index is 12.1. The molecule has 0 fully saturated rings. The largest absolute Gasteiger partial charge is 0.335 e. The third-order valence-electron chi connectivity index (χ3n) is 3.26. The van der Waals surface area contributed by atoms with Crippen LogP contribution in [0.25, 0.3) is 0 Å². The fraction of sp³-hybridized carbons (Fsp3) is 0.500. The number of amides is 2. The predicted molar refractivity (Wildman–Crippen MR) is 99.8 cm³/mol. The first-order valence-corrected chi connectivity index (χ1v) is 8.06. The molecule has 0 unspecified atom stereocenters. The molecule has 0 aliphatic carbocycles. The van der Waals surface area contributed by atoms with Crippen molar-refractivity contribution in [1.29, 1.82) is 0 Å². The average Bonchev–Trinajstić information content (AvgIpc) is 2.40. The molecule has 1 atom stereocenters. The average molecular weight is 407 g/mol. The number of anilines is 1. The molecule has 23 heavy (non-hydrogen) atoms. The van der Waals surface area contributed by atoms with E-state index in [4.69, 9.17) is 5.73 Å². The van der Waals surface area contributed by atoms with E-state index in [1.165, 1.54) is 4.90 Å². The smallest absolute Gasteiger partial charge is 0.243 e. The highest BCUT2D eigenvalue weighted by atomic mass is 79.9. The van der Waals surface area contributed by atoms with E-state index >= 15 is 0 Å². The Bertz CT molecular complexity index is 552. The minimum Gasteiger partial charge on any atom is -0.335 e. The first-order valence-electron chi connectivity index (χ1n) is 7.27. The van der Waals surface area contributed by atoms with Crippen LogP contribution in [0.5, 0.6) is 0 Å². The first kappa shape index (κ1) is 21.9. The number of aryl methyl sites for hydroxylation is 1. The van der Waals surface area contributed by atoms with Crippen molar-refractivity contribution in [2.75, 3.05) is 18.9 Å². The van der Waals surface area contributed by atoms with Gasteiger partial charge in [-0.25, -0.2) is 0 Å². The lowest BCUT2D eigenvalue weighted by Gasteiger charge is -2.22. The van der Waals surface area contributed by atoms with Gasteiger partial charge >= 0.3 is 0 Å². The summed E-state index contributed by atoms with van der Waals surface area (Å²) in [6.07, 6.45) is 0.608. The molecule has 130 valence electrons. The van der Waals surface area contributed by atoms with E-state index < -0.39 is 6.04 Å². The van der Waals surface area contributed by atoms with Gasteiger partial charge in [0.15, 0.2) is 0 Å². The number of halogens is 2. The Balaban J connectivity index is 0.00000484. The maximum Gasteiger partial charge on any atom is 0.243 e. The summed E-state index contributed by atoms with van der Waals surface area (Å²) in [6, 6.07) is 5.04. The van der Waals surface area contributed by atoms with Gasteiger partial charge < -0.3 is 16.0 Å². The number of carbonyl (C=O) groups is 2. The van der Waals surface area contributed by atoms with Crippen molar-refractivity contribution in [3.8, 4) is 0 Å². The molecule has 0 heterocycles. The summed E-state index contributed by atoms with van der Waals surface area (Å²) < 4.78 is 0.954. The van der Waals surface area contributed by atoms with E-state index in [-0.39, 0.29) is 30.8 Å². The summed E-state index contributed by atoms with van der Waals surface area (Å²) in [7, 11) is 1.59. The Morgan fingerprint density at radius 1 is 1.35 bits per heavy atom. The van der Waals surface area contributed by atoms with Crippen LogP contribution in [0.15, 0.2) is 22.7 Å². The molecule has 0 saturated carbocycles. The van der Waals surface area contributed by atoms with Crippen LogP contribution in [0.3, 0.4) is 0 Å². The molecule has 7 heteroatoms. The van der Waals surface area contributed by atoms with Gasteiger partial charge in [-0.15, -0.1) is 12.4 Å². The maximum atomic E-state index is 12.1. The molecule has 0 bridgehead atoms. The van der Waals surface area contributed by atoms with E-state index in [0.717, 1.165) is 15.7 Å². The number of nitrogens with one attached hydrogen (secondary N) is 1. The molecule has 0 radical (unpaired) electrons. The van der Waals surface area contributed by atoms with E-state index in [1.54, 1.807) is 7.05 Å². The van der Waals surface area contributed by atoms with Crippen molar-refractivity contribution in [3.05, 3.63) is 28.2 Å². The Morgan fingerprint density at radius 3 is 2.48 bits per heavy atom. The van der Waals surface area contributed by atoms with E-state index in [9.17, 15) is 9.59 Å². The molecular weight excluding hydrogens is 382 g/mol. The summed E-state index contributed by atoms with van der Waals surface area (Å²) in [5, 5.41) is 2.81. The predicted octanol–water partition coefficient (Wildman–Crippen LogP) is 2.95. The van der Waals surface area contributed by atoms with E-state index in [1.807, 2.05) is 39.0 Å². The number of benzene rings is 1. The summed E-state index contributed by atoms with van der Waals surface area (Å²) in [6.45, 7) is 5.92. The minimum atomic E-state index is -0.563. The zero-order chi connectivity index (χ0) is 16.9. The Labute approximate surface area is 152 Å². The molecule has 1 aromatic carbocycles. The van der Waals surface area contributed by atoms with Gasteiger partial charge in [0, 0.05) is 17.2 Å². The topological polar surface area (TPSA) is 75.4 Å². The van der Waals surface area contributed by atoms with Crippen molar-refractivity contribution >= 4 is 45.8 Å². The number of likely N-dealkylation sites (N-methyl/N-ethyl adjacent to an activating group) is 1. The van der Waals surface area contributed by atoms with Gasteiger partial charge in [-0.05, 0) is 43.0 Å². The quantitative estimate of drug-likeness (QED) is 0.762. The Kier molecular flexibility index (Phi) is 9.42. The second kappa shape index (κ2) is 9.90. The Hall–Kier alpha value is -1.11. The van der Waals surface area contributed by atoms with Crippen molar-refractivity contribution in [1.82, 2.24) is 4.90 Å². The van der Waals surface area contributed by atoms with Crippen molar-refractivity contribution in [2.45, 2.75) is 33.2 Å². The molecular formula is C16H25BrClN3O2. The molecule has 3 N–H and O–H groups in total. The molecule has 0 aromatic heterocycles. The van der Waals surface area contributed by atoms with Gasteiger partial charge in [-0.3, -0.25) is 9.59 Å². The van der Waals surface area contributed by atoms with Gasteiger partial charge in [0.2, 0.25) is 11.8 Å². The number of hydrogen-bond acceptors (Lipinski definition) is 3. The normalized spacial score (nSPS) is 11.6. The van der Waals surface area contributed by atoms with Crippen LogP contribution in [0.1, 0.15) is 25.8 Å². The lowest BCUT2D eigenvalue weighted by Crippen LogP contribution is -2.45. The number of hydrogen-bond donors (Lipinski definition) is 2. The highest BCUT2D eigenvalue weighted by Gasteiger charge is 2.21. The first-order chi connectivity index (χ1) is 10.2. The molecule has 0 spiro atoms. The standard InChI is InChI=1S/C16H24BrN3O2.ClH/c1-10(2)7-13(18)16(22)20(4)9-15(21)19-14-6-5-12(17)8-11(14)3;/h5-6,8,10,13H,7,9,18H2,1-4H3,(H,19,21);1H/t13-;/m0./s1. The molecule has 0 saturated heterocycles. The third-order valence-corrected chi connectivity index (χ3v) is 3.76. The molecule has 0 aliphatic rings. The summed E-state index contributed by atoms with van der Waals surface area (Å²) in [4.78, 5) is 25.5. The molecule has 5 nitrogen and oxygen atoms in total. The summed E-state index contributed by atoms with van der Waals surface area (Å²) in [5.41, 5.74) is 7.55. The van der Waals surface area contributed by atoms with Crippen LogP contribution in [0.2, 0.25) is 0 Å². The number of nitrogens with two attached hydrogens (primary N) is 1. The second-order valence-electron chi connectivity index (χ2n) is 5.94. The molecule has 0 aliphatic heterocycles. The van der Waals surface area contributed by atoms with Crippen LogP contribution in [-0.2, 0) is 9.59 Å². The number of nitrogens with zero attached hydrogens (tertiary/aromatic N) is 1. The Morgan fingerprint density at radius 2 is 1.96 bits per heavy atom. The van der Waals surface area contributed by atoms with Crippen molar-refractivity contribution in [3.63, 3.8) is 0 Å². The van der Waals surface area contributed by atoms with Crippen LogP contribution in [0, 0.1) is 12.8 Å². The van der Waals surface area contributed by atoms with Gasteiger partial charge in [0.25, 0.3) is 0 Å². The lowest BCUT2D eigenvalue weighted by molar-refractivity contribution is -0.134. The third kappa shape index (κ3) is 7.33. The van der Waals surface area contributed by atoms with Gasteiger partial charge in [0.05, 0.1) is 12.6 Å². The van der Waals surface area contributed by atoms with Crippen LogP contribution >= 0.6 is 28.3 Å². The monoisotopic (exact) mass is 405 g/mol.